The summed E-state index contributed by atoms with van der Waals surface area (Å²) in [6.45, 7) is 1.93. The second-order valence-electron chi connectivity index (χ2n) is 4.20. The predicted molar refractivity (Wildman–Crippen MR) is 73.5 cm³/mol. The van der Waals surface area contributed by atoms with E-state index in [1.807, 2.05) is 0 Å². The molecule has 0 saturated heterocycles. The van der Waals surface area contributed by atoms with Gasteiger partial charge in [0.05, 0.1) is 6.10 Å². The second-order valence-corrected chi connectivity index (χ2v) is 5.12. The first-order chi connectivity index (χ1) is 8.99. The van der Waals surface area contributed by atoms with Crippen LogP contribution in [0, 0.1) is 5.82 Å². The molecular weight excluding hydrogens is 317 g/mol. The van der Waals surface area contributed by atoms with Crippen molar-refractivity contribution in [2.24, 2.45) is 0 Å². The first-order valence-corrected chi connectivity index (χ1v) is 6.81. The molecule has 0 spiro atoms. The Bertz CT molecular complexity index is 426. The van der Waals surface area contributed by atoms with Crippen LogP contribution in [-0.2, 0) is 4.79 Å². The van der Waals surface area contributed by atoms with Crippen molar-refractivity contribution in [2.45, 2.75) is 25.9 Å². The Kier molecular flexibility index (Phi) is 6.80. The third-order valence-electron chi connectivity index (χ3n) is 2.37. The molecule has 0 saturated carbocycles. The van der Waals surface area contributed by atoms with Crippen LogP contribution in [-0.4, -0.2) is 30.3 Å². The molecule has 1 amide bonds. The molecule has 0 radical (unpaired) electrons. The fourth-order valence-corrected chi connectivity index (χ4v) is 1.75. The van der Waals surface area contributed by atoms with Gasteiger partial charge in [-0.05, 0) is 38.0 Å². The summed E-state index contributed by atoms with van der Waals surface area (Å²) in [4.78, 5) is 11.4. The predicted octanol–water partition coefficient (Wildman–Crippen LogP) is 2.24. The number of ether oxygens (including phenoxy) is 1. The number of hydrogen-bond donors (Lipinski definition) is 2. The molecule has 0 aliphatic rings. The van der Waals surface area contributed by atoms with Crippen molar-refractivity contribution >= 4 is 21.8 Å². The lowest BCUT2D eigenvalue weighted by atomic mass is 10.2. The number of carbonyl (C=O) groups excluding carboxylic acids is 1. The van der Waals surface area contributed by atoms with E-state index < -0.39 is 5.82 Å². The molecule has 0 aliphatic heterocycles. The fourth-order valence-electron chi connectivity index (χ4n) is 1.41. The zero-order chi connectivity index (χ0) is 14.3. The Morgan fingerprint density at radius 3 is 2.95 bits per heavy atom. The Labute approximate surface area is 120 Å². The monoisotopic (exact) mass is 333 g/mol. The van der Waals surface area contributed by atoms with Crippen LogP contribution in [0.3, 0.4) is 0 Å². The van der Waals surface area contributed by atoms with Crippen LogP contribution < -0.4 is 10.1 Å². The molecule has 1 aromatic carbocycles. The zero-order valence-electron chi connectivity index (χ0n) is 10.7. The number of benzene rings is 1. The van der Waals surface area contributed by atoms with Gasteiger partial charge in [-0.2, -0.15) is 0 Å². The maximum atomic E-state index is 13.4. The van der Waals surface area contributed by atoms with Crippen LogP contribution in [0.5, 0.6) is 5.75 Å². The van der Waals surface area contributed by atoms with Crippen LogP contribution >= 0.6 is 15.9 Å². The molecule has 1 rings (SSSR count). The summed E-state index contributed by atoms with van der Waals surface area (Å²) >= 11 is 3.13. The van der Waals surface area contributed by atoms with Gasteiger partial charge in [-0.15, -0.1) is 0 Å². The van der Waals surface area contributed by atoms with Gasteiger partial charge in [0, 0.05) is 11.0 Å². The molecule has 4 nitrogen and oxygen atoms in total. The van der Waals surface area contributed by atoms with Gasteiger partial charge in [-0.3, -0.25) is 4.79 Å². The van der Waals surface area contributed by atoms with E-state index >= 15 is 0 Å². The number of hydrogen-bond acceptors (Lipinski definition) is 3. The molecule has 0 aliphatic carbocycles. The van der Waals surface area contributed by atoms with Crippen molar-refractivity contribution in [1.29, 1.82) is 0 Å². The third-order valence-corrected chi connectivity index (χ3v) is 2.87. The number of rotatable bonds is 7. The highest BCUT2D eigenvalue weighted by molar-refractivity contribution is 9.10. The summed E-state index contributed by atoms with van der Waals surface area (Å²) in [5, 5.41) is 11.7. The lowest BCUT2D eigenvalue weighted by Crippen LogP contribution is -2.30. The summed E-state index contributed by atoms with van der Waals surface area (Å²) in [7, 11) is 0. The topological polar surface area (TPSA) is 58.6 Å². The molecule has 6 heteroatoms. The van der Waals surface area contributed by atoms with Gasteiger partial charge in [-0.1, -0.05) is 15.9 Å². The largest absolute Gasteiger partial charge is 0.481 e. The van der Waals surface area contributed by atoms with Gasteiger partial charge in [0.15, 0.2) is 18.2 Å². The Morgan fingerprint density at radius 2 is 2.32 bits per heavy atom. The van der Waals surface area contributed by atoms with Crippen molar-refractivity contribution in [1.82, 2.24) is 5.32 Å². The standard InChI is InChI=1S/C13H17BrFNO3/c1-9(17)3-2-6-16-13(18)8-19-12-5-4-10(14)7-11(12)15/h4-5,7,9,17H,2-3,6,8H2,1H3,(H,16,18). The molecule has 2 N–H and O–H groups in total. The number of carbonyl (C=O) groups is 1. The summed E-state index contributed by atoms with van der Waals surface area (Å²) in [6.07, 6.45) is 0.948. The van der Waals surface area contributed by atoms with E-state index in [0.29, 0.717) is 23.9 Å². The van der Waals surface area contributed by atoms with E-state index in [9.17, 15) is 9.18 Å². The van der Waals surface area contributed by atoms with Gasteiger partial charge in [0.1, 0.15) is 0 Å². The second kappa shape index (κ2) is 8.12. The molecule has 0 aromatic heterocycles. The molecule has 1 atom stereocenters. The summed E-state index contributed by atoms with van der Waals surface area (Å²) in [6, 6.07) is 4.37. The van der Waals surface area contributed by atoms with Crippen molar-refractivity contribution in [3.05, 3.63) is 28.5 Å². The van der Waals surface area contributed by atoms with E-state index in [4.69, 9.17) is 9.84 Å². The van der Waals surface area contributed by atoms with Gasteiger partial charge in [0.2, 0.25) is 0 Å². The summed E-state index contributed by atoms with van der Waals surface area (Å²) < 4.78 is 19.1. The summed E-state index contributed by atoms with van der Waals surface area (Å²) in [5.74, 6) is -0.786. The van der Waals surface area contributed by atoms with E-state index in [2.05, 4.69) is 21.2 Å². The van der Waals surface area contributed by atoms with E-state index in [-0.39, 0.29) is 24.4 Å². The van der Waals surface area contributed by atoms with Gasteiger partial charge in [0.25, 0.3) is 5.91 Å². The van der Waals surface area contributed by atoms with Crippen LogP contribution in [0.4, 0.5) is 4.39 Å². The van der Waals surface area contributed by atoms with Crippen molar-refractivity contribution in [3.8, 4) is 5.75 Å². The van der Waals surface area contributed by atoms with Gasteiger partial charge < -0.3 is 15.2 Å². The Balaban J connectivity index is 2.26. The number of aliphatic hydroxyl groups excluding tert-OH is 1. The number of halogens is 2. The minimum atomic E-state index is -0.517. The van der Waals surface area contributed by atoms with Crippen LogP contribution in [0.2, 0.25) is 0 Å². The van der Waals surface area contributed by atoms with Crippen molar-refractivity contribution in [2.75, 3.05) is 13.2 Å². The maximum Gasteiger partial charge on any atom is 0.257 e. The molecule has 0 fully saturated rings. The molecule has 0 heterocycles. The Hall–Kier alpha value is -1.14. The molecule has 106 valence electrons. The third kappa shape index (κ3) is 6.54. The Morgan fingerprint density at radius 1 is 1.58 bits per heavy atom. The fraction of sp³-hybridized carbons (Fsp3) is 0.462. The molecule has 0 bridgehead atoms. The average Bonchev–Trinajstić information content (AvgIpc) is 2.33. The molecule has 1 aromatic rings. The van der Waals surface area contributed by atoms with Crippen LogP contribution in [0.25, 0.3) is 0 Å². The van der Waals surface area contributed by atoms with Crippen molar-refractivity contribution in [3.63, 3.8) is 0 Å². The zero-order valence-corrected chi connectivity index (χ0v) is 12.2. The molecule has 19 heavy (non-hydrogen) atoms. The molecule has 1 unspecified atom stereocenters. The van der Waals surface area contributed by atoms with Gasteiger partial charge >= 0.3 is 0 Å². The maximum absolute atomic E-state index is 13.4. The van der Waals surface area contributed by atoms with Gasteiger partial charge in [-0.25, -0.2) is 4.39 Å². The normalized spacial score (nSPS) is 12.0. The highest BCUT2D eigenvalue weighted by atomic mass is 79.9. The number of nitrogens with one attached hydrogen (secondary N) is 1. The smallest absolute Gasteiger partial charge is 0.257 e. The minimum Gasteiger partial charge on any atom is -0.481 e. The number of amides is 1. The van der Waals surface area contributed by atoms with E-state index in [1.54, 1.807) is 13.0 Å². The average molecular weight is 334 g/mol. The van der Waals surface area contributed by atoms with Crippen LogP contribution in [0.1, 0.15) is 19.8 Å². The minimum absolute atomic E-state index is 0.0438. The summed E-state index contributed by atoms with van der Waals surface area (Å²) in [5.41, 5.74) is 0. The SMILES string of the molecule is CC(O)CCCNC(=O)COc1ccc(Br)cc1F. The highest BCUT2D eigenvalue weighted by Crippen LogP contribution is 2.21. The molecular formula is C13H17BrFNO3. The lowest BCUT2D eigenvalue weighted by molar-refractivity contribution is -0.123. The van der Waals surface area contributed by atoms with E-state index in [1.165, 1.54) is 12.1 Å². The first kappa shape index (κ1) is 15.9. The van der Waals surface area contributed by atoms with Crippen molar-refractivity contribution < 1.29 is 19.0 Å². The van der Waals surface area contributed by atoms with E-state index in [0.717, 1.165) is 0 Å². The first-order valence-electron chi connectivity index (χ1n) is 6.01. The lowest BCUT2D eigenvalue weighted by Gasteiger charge is -2.09. The number of aliphatic hydroxyl groups is 1. The quantitative estimate of drug-likeness (QED) is 0.752. The highest BCUT2D eigenvalue weighted by Gasteiger charge is 2.07. The van der Waals surface area contributed by atoms with Crippen LogP contribution in [0.15, 0.2) is 22.7 Å².